The van der Waals surface area contributed by atoms with Gasteiger partial charge in [0, 0.05) is 18.8 Å². The molecular weight excluding hydrogens is 288 g/mol. The third-order valence-electron chi connectivity index (χ3n) is 5.44. The summed E-state index contributed by atoms with van der Waals surface area (Å²) in [6.07, 6.45) is 13.4. The topological polar surface area (TPSA) is 50.2 Å². The fourth-order valence-corrected chi connectivity index (χ4v) is 3.93. The lowest BCUT2D eigenvalue weighted by Gasteiger charge is -2.44. The van der Waals surface area contributed by atoms with Gasteiger partial charge in [-0.1, -0.05) is 23.8 Å². The maximum atomic E-state index is 12.5. The fraction of sp³-hybridized carbons (Fsp3) is 0.556. The summed E-state index contributed by atoms with van der Waals surface area (Å²) in [5.41, 5.74) is 1.95. The fourth-order valence-electron chi connectivity index (χ4n) is 3.93. The van der Waals surface area contributed by atoms with E-state index < -0.39 is 0 Å². The molecule has 3 aliphatic heterocycles. The maximum Gasteiger partial charge on any atom is 0.254 e. The summed E-state index contributed by atoms with van der Waals surface area (Å²) < 4.78 is 1.89. The van der Waals surface area contributed by atoms with E-state index in [9.17, 15) is 4.79 Å². The Morgan fingerprint density at radius 3 is 2.83 bits per heavy atom. The number of rotatable bonds is 3. The quantitative estimate of drug-likeness (QED) is 0.930. The van der Waals surface area contributed by atoms with Crippen molar-refractivity contribution in [2.24, 2.45) is 5.92 Å². The number of hydrogen-bond donors (Lipinski definition) is 1. The van der Waals surface area contributed by atoms with Gasteiger partial charge in [0.25, 0.3) is 5.91 Å². The Balaban J connectivity index is 1.41. The molecule has 5 nitrogen and oxygen atoms in total. The molecule has 2 unspecified atom stereocenters. The van der Waals surface area contributed by atoms with Crippen LogP contribution in [0.2, 0.25) is 0 Å². The van der Waals surface area contributed by atoms with Crippen molar-refractivity contribution in [3.63, 3.8) is 0 Å². The molecule has 0 spiro atoms. The normalized spacial score (nSPS) is 32.7. The molecule has 122 valence electrons. The number of nitrogens with zero attached hydrogens (tertiary/aromatic N) is 3. The molecule has 23 heavy (non-hydrogen) atoms. The van der Waals surface area contributed by atoms with E-state index in [0.717, 1.165) is 13.0 Å². The van der Waals surface area contributed by atoms with Gasteiger partial charge in [0.2, 0.25) is 0 Å². The molecule has 5 heteroatoms. The molecule has 4 aliphatic rings. The highest BCUT2D eigenvalue weighted by atomic mass is 16.1. The smallest absolute Gasteiger partial charge is 0.254 e. The molecule has 2 atom stereocenters. The summed E-state index contributed by atoms with van der Waals surface area (Å²) >= 11 is 0. The van der Waals surface area contributed by atoms with Gasteiger partial charge in [-0.3, -0.25) is 9.48 Å². The summed E-state index contributed by atoms with van der Waals surface area (Å²) in [4.78, 5) is 15.0. The van der Waals surface area contributed by atoms with Crippen LogP contribution in [0.4, 0.5) is 0 Å². The number of allylic oxidation sites excluding steroid dienone is 4. The van der Waals surface area contributed by atoms with Crippen LogP contribution in [0, 0.1) is 5.92 Å². The minimum Gasteiger partial charge on any atom is -0.348 e. The molecule has 1 aromatic rings. The van der Waals surface area contributed by atoms with Crippen LogP contribution in [0.25, 0.3) is 0 Å². The van der Waals surface area contributed by atoms with Gasteiger partial charge in [-0.2, -0.15) is 5.10 Å². The first-order chi connectivity index (χ1) is 11.2. The molecule has 0 radical (unpaired) electrons. The van der Waals surface area contributed by atoms with Gasteiger partial charge in [-0.15, -0.1) is 0 Å². The molecule has 3 fully saturated rings. The summed E-state index contributed by atoms with van der Waals surface area (Å²) in [5, 5.41) is 7.62. The second-order valence-electron chi connectivity index (χ2n) is 7.04. The van der Waals surface area contributed by atoms with Crippen LogP contribution in [0.1, 0.15) is 42.6 Å². The van der Waals surface area contributed by atoms with E-state index in [1.807, 2.05) is 10.9 Å². The van der Waals surface area contributed by atoms with E-state index in [2.05, 4.69) is 40.5 Å². The number of hydrogen-bond acceptors (Lipinski definition) is 3. The van der Waals surface area contributed by atoms with E-state index in [0.29, 0.717) is 17.5 Å². The first-order valence-corrected chi connectivity index (χ1v) is 8.61. The molecule has 1 amide bonds. The van der Waals surface area contributed by atoms with E-state index >= 15 is 0 Å². The van der Waals surface area contributed by atoms with Crippen LogP contribution in [0.3, 0.4) is 0 Å². The standard InChI is InChI=1S/C18H24N4O/c1-13-2-4-16(5-3-13)22-11-15(10-19-22)18(23)20-17-12-21-8-6-14(17)7-9-21/h2-4,10-11,14,16-17H,5-9,12H2,1H3,(H,20,23). The number of nitrogens with one attached hydrogen (secondary N) is 1. The van der Waals surface area contributed by atoms with Gasteiger partial charge < -0.3 is 10.2 Å². The Morgan fingerprint density at radius 2 is 2.17 bits per heavy atom. The van der Waals surface area contributed by atoms with Crippen LogP contribution < -0.4 is 5.32 Å². The van der Waals surface area contributed by atoms with Gasteiger partial charge >= 0.3 is 0 Å². The van der Waals surface area contributed by atoms with Crippen molar-refractivity contribution in [2.45, 2.75) is 38.3 Å². The average Bonchev–Trinajstić information content (AvgIpc) is 3.07. The summed E-state index contributed by atoms with van der Waals surface area (Å²) in [7, 11) is 0. The van der Waals surface area contributed by atoms with Crippen molar-refractivity contribution in [1.29, 1.82) is 0 Å². The van der Waals surface area contributed by atoms with Gasteiger partial charge in [0.05, 0.1) is 17.8 Å². The van der Waals surface area contributed by atoms with Crippen molar-refractivity contribution >= 4 is 5.91 Å². The first kappa shape index (κ1) is 14.7. The highest BCUT2D eigenvalue weighted by Crippen LogP contribution is 2.27. The number of piperidine rings is 3. The number of carbonyl (C=O) groups is 1. The summed E-state index contributed by atoms with van der Waals surface area (Å²) in [6.45, 7) is 5.48. The number of amides is 1. The predicted molar refractivity (Wildman–Crippen MR) is 89.2 cm³/mol. The minimum absolute atomic E-state index is 0.0153. The molecule has 1 N–H and O–H groups in total. The maximum absolute atomic E-state index is 12.5. The second kappa shape index (κ2) is 5.96. The van der Waals surface area contributed by atoms with E-state index in [1.165, 1.54) is 31.5 Å². The third kappa shape index (κ3) is 2.98. The Morgan fingerprint density at radius 1 is 1.35 bits per heavy atom. The van der Waals surface area contributed by atoms with Gasteiger partial charge in [0.1, 0.15) is 0 Å². The van der Waals surface area contributed by atoms with E-state index in [1.54, 1.807) is 6.20 Å². The largest absolute Gasteiger partial charge is 0.348 e. The second-order valence-corrected chi connectivity index (χ2v) is 7.04. The number of fused-ring (bicyclic) bond motifs is 3. The van der Waals surface area contributed by atoms with Crippen molar-refractivity contribution in [1.82, 2.24) is 20.0 Å². The molecule has 5 rings (SSSR count). The lowest BCUT2D eigenvalue weighted by molar-refractivity contribution is 0.0620. The van der Waals surface area contributed by atoms with Crippen molar-refractivity contribution in [3.8, 4) is 0 Å². The van der Waals surface area contributed by atoms with Crippen LogP contribution in [-0.2, 0) is 0 Å². The van der Waals surface area contributed by atoms with Crippen LogP contribution in [0.15, 0.2) is 36.2 Å². The molecule has 1 aliphatic carbocycles. The molecule has 0 saturated carbocycles. The number of aromatic nitrogens is 2. The Bertz CT molecular complexity index is 652. The zero-order valence-electron chi connectivity index (χ0n) is 13.6. The molecule has 0 aromatic carbocycles. The van der Waals surface area contributed by atoms with Crippen molar-refractivity contribution in [3.05, 3.63) is 41.8 Å². The van der Waals surface area contributed by atoms with Crippen LogP contribution in [-0.4, -0.2) is 46.3 Å². The zero-order valence-corrected chi connectivity index (χ0v) is 13.6. The molecule has 4 heterocycles. The summed E-state index contributed by atoms with van der Waals surface area (Å²) in [5.74, 6) is 0.662. The minimum atomic E-state index is 0.0153. The SMILES string of the molecule is CC1=CCC(n2cc(C(=O)NC3CN4CCC3CC4)cn2)C=C1. The molecular formula is C18H24N4O. The van der Waals surface area contributed by atoms with Crippen molar-refractivity contribution in [2.75, 3.05) is 19.6 Å². The van der Waals surface area contributed by atoms with Gasteiger partial charge in [0.15, 0.2) is 0 Å². The molecule has 3 saturated heterocycles. The van der Waals surface area contributed by atoms with Gasteiger partial charge in [-0.25, -0.2) is 0 Å². The highest BCUT2D eigenvalue weighted by molar-refractivity contribution is 5.93. The van der Waals surface area contributed by atoms with Crippen molar-refractivity contribution < 1.29 is 4.79 Å². The Labute approximate surface area is 137 Å². The first-order valence-electron chi connectivity index (χ1n) is 8.61. The number of carbonyl (C=O) groups excluding carboxylic acids is 1. The lowest BCUT2D eigenvalue weighted by atomic mass is 9.84. The highest BCUT2D eigenvalue weighted by Gasteiger charge is 2.35. The molecule has 2 bridgehead atoms. The van der Waals surface area contributed by atoms with E-state index in [-0.39, 0.29) is 11.9 Å². The van der Waals surface area contributed by atoms with Crippen LogP contribution >= 0.6 is 0 Å². The Hall–Kier alpha value is -1.88. The lowest BCUT2D eigenvalue weighted by Crippen LogP contribution is -2.57. The molecule has 1 aromatic heterocycles. The Kier molecular flexibility index (Phi) is 3.81. The third-order valence-corrected chi connectivity index (χ3v) is 5.44. The van der Waals surface area contributed by atoms with E-state index in [4.69, 9.17) is 0 Å². The monoisotopic (exact) mass is 312 g/mol. The zero-order chi connectivity index (χ0) is 15.8. The predicted octanol–water partition coefficient (Wildman–Crippen LogP) is 2.15. The summed E-state index contributed by atoms with van der Waals surface area (Å²) in [6, 6.07) is 0.519. The van der Waals surface area contributed by atoms with Gasteiger partial charge in [-0.05, 0) is 45.2 Å². The average molecular weight is 312 g/mol. The van der Waals surface area contributed by atoms with Crippen LogP contribution in [0.5, 0.6) is 0 Å².